The van der Waals surface area contributed by atoms with Gasteiger partial charge in [0.05, 0.1) is 23.2 Å². The largest absolute Gasteiger partial charge is 0.494 e. The van der Waals surface area contributed by atoms with E-state index in [1.165, 1.54) is 30.2 Å². The Morgan fingerprint density at radius 3 is 2.85 bits per heavy atom. The van der Waals surface area contributed by atoms with E-state index in [1.807, 2.05) is 25.1 Å². The van der Waals surface area contributed by atoms with Gasteiger partial charge in [-0.15, -0.1) is 0 Å². The monoisotopic (exact) mass is 446 g/mol. The van der Waals surface area contributed by atoms with Gasteiger partial charge in [0.15, 0.2) is 0 Å². The summed E-state index contributed by atoms with van der Waals surface area (Å²) in [6.45, 7) is 3.61. The first kappa shape index (κ1) is 21.6. The summed E-state index contributed by atoms with van der Waals surface area (Å²) in [4.78, 5) is 30.4. The summed E-state index contributed by atoms with van der Waals surface area (Å²) in [5.41, 5.74) is 2.55. The number of aryl methyl sites for hydroxylation is 1. The standard InChI is InChI=1S/C26H30N4O3/c1-17-5-6-18(25(31)29-20-7-8-20)14-24(17)30-16-28-23-10-9-21(15-22(23)26(30)32)33-13-11-19-4-2-3-12-27-19/h5-6,9-10,14-16,19-20,27H,2-4,7-8,11-13H2,1H3,(H,29,31). The zero-order valence-corrected chi connectivity index (χ0v) is 19.0. The van der Waals surface area contributed by atoms with Gasteiger partial charge < -0.3 is 15.4 Å². The minimum Gasteiger partial charge on any atom is -0.494 e. The molecule has 2 aliphatic rings. The fraction of sp³-hybridized carbons (Fsp3) is 0.423. The molecule has 1 aromatic heterocycles. The predicted molar refractivity (Wildman–Crippen MR) is 128 cm³/mol. The predicted octanol–water partition coefficient (Wildman–Crippen LogP) is 3.50. The van der Waals surface area contributed by atoms with Crippen LogP contribution in [0.3, 0.4) is 0 Å². The number of benzene rings is 2. The first-order valence-corrected chi connectivity index (χ1v) is 11.9. The van der Waals surface area contributed by atoms with E-state index in [-0.39, 0.29) is 17.5 Å². The molecule has 7 heteroatoms. The van der Waals surface area contributed by atoms with Crippen LogP contribution >= 0.6 is 0 Å². The Labute approximate surface area is 193 Å². The highest BCUT2D eigenvalue weighted by Gasteiger charge is 2.24. The molecule has 2 heterocycles. The van der Waals surface area contributed by atoms with E-state index in [0.717, 1.165) is 31.4 Å². The van der Waals surface area contributed by atoms with Crippen molar-refractivity contribution in [1.82, 2.24) is 20.2 Å². The number of hydrogen-bond donors (Lipinski definition) is 2. The molecule has 1 atom stereocenters. The highest BCUT2D eigenvalue weighted by Crippen LogP contribution is 2.22. The Balaban J connectivity index is 1.39. The van der Waals surface area contributed by atoms with Crippen molar-refractivity contribution in [2.75, 3.05) is 13.2 Å². The van der Waals surface area contributed by atoms with E-state index in [2.05, 4.69) is 15.6 Å². The summed E-state index contributed by atoms with van der Waals surface area (Å²) in [7, 11) is 0. The zero-order chi connectivity index (χ0) is 22.8. The van der Waals surface area contributed by atoms with E-state index >= 15 is 0 Å². The van der Waals surface area contributed by atoms with Gasteiger partial charge in [-0.25, -0.2) is 4.98 Å². The van der Waals surface area contributed by atoms with Crippen LogP contribution in [0, 0.1) is 6.92 Å². The number of fused-ring (bicyclic) bond motifs is 1. The van der Waals surface area contributed by atoms with Crippen molar-refractivity contribution in [3.63, 3.8) is 0 Å². The average molecular weight is 447 g/mol. The van der Waals surface area contributed by atoms with Gasteiger partial charge in [-0.3, -0.25) is 14.2 Å². The molecule has 2 aromatic carbocycles. The maximum absolute atomic E-state index is 13.4. The van der Waals surface area contributed by atoms with Crippen LogP contribution < -0.4 is 20.9 Å². The molecule has 7 nitrogen and oxygen atoms in total. The lowest BCUT2D eigenvalue weighted by molar-refractivity contribution is 0.0951. The SMILES string of the molecule is Cc1ccc(C(=O)NC2CC2)cc1-n1cnc2ccc(OCCC3CCCCN3)cc2c1=O. The van der Waals surface area contributed by atoms with Crippen LogP contribution in [0.25, 0.3) is 16.6 Å². The highest BCUT2D eigenvalue weighted by atomic mass is 16.5. The fourth-order valence-corrected chi connectivity index (χ4v) is 4.36. The van der Waals surface area contributed by atoms with E-state index in [0.29, 0.717) is 40.6 Å². The minimum atomic E-state index is -0.178. The number of rotatable bonds is 7. The second-order valence-corrected chi connectivity index (χ2v) is 9.13. The smallest absolute Gasteiger partial charge is 0.265 e. The van der Waals surface area contributed by atoms with Crippen LogP contribution in [0.4, 0.5) is 0 Å². The van der Waals surface area contributed by atoms with Crippen LogP contribution in [-0.4, -0.2) is 40.7 Å². The maximum Gasteiger partial charge on any atom is 0.265 e. The number of carbonyl (C=O) groups excluding carboxylic acids is 1. The minimum absolute atomic E-state index is 0.108. The van der Waals surface area contributed by atoms with Crippen molar-refractivity contribution >= 4 is 16.8 Å². The van der Waals surface area contributed by atoms with Crippen molar-refractivity contribution < 1.29 is 9.53 Å². The first-order chi connectivity index (χ1) is 16.1. The third-order valence-corrected chi connectivity index (χ3v) is 6.52. The van der Waals surface area contributed by atoms with Crippen molar-refractivity contribution in [3.8, 4) is 11.4 Å². The number of ether oxygens (including phenoxy) is 1. The maximum atomic E-state index is 13.4. The van der Waals surface area contributed by atoms with E-state index in [9.17, 15) is 9.59 Å². The summed E-state index contributed by atoms with van der Waals surface area (Å²) in [6.07, 6.45) is 8.23. The van der Waals surface area contributed by atoms with Gasteiger partial charge in [0.25, 0.3) is 11.5 Å². The molecule has 172 valence electrons. The highest BCUT2D eigenvalue weighted by molar-refractivity contribution is 5.95. The topological polar surface area (TPSA) is 85.2 Å². The molecule has 1 aliphatic heterocycles. The second kappa shape index (κ2) is 9.35. The second-order valence-electron chi connectivity index (χ2n) is 9.13. The molecule has 1 saturated heterocycles. The van der Waals surface area contributed by atoms with E-state index < -0.39 is 0 Å². The number of aromatic nitrogens is 2. The Morgan fingerprint density at radius 1 is 1.18 bits per heavy atom. The molecule has 0 bridgehead atoms. The number of amides is 1. The summed E-state index contributed by atoms with van der Waals surface area (Å²) < 4.78 is 7.48. The molecule has 1 unspecified atom stereocenters. The van der Waals surface area contributed by atoms with E-state index in [1.54, 1.807) is 18.2 Å². The van der Waals surface area contributed by atoms with Crippen LogP contribution in [0.15, 0.2) is 47.5 Å². The van der Waals surface area contributed by atoms with Gasteiger partial charge in [0.2, 0.25) is 0 Å². The van der Waals surface area contributed by atoms with Crippen molar-refractivity contribution in [2.45, 2.75) is 57.5 Å². The lowest BCUT2D eigenvalue weighted by Crippen LogP contribution is -2.35. The third-order valence-electron chi connectivity index (χ3n) is 6.52. The molecule has 2 fully saturated rings. The Morgan fingerprint density at radius 2 is 2.06 bits per heavy atom. The molecular formula is C26H30N4O3. The van der Waals surface area contributed by atoms with Crippen LogP contribution in [-0.2, 0) is 0 Å². The van der Waals surface area contributed by atoms with Crippen LogP contribution in [0.1, 0.15) is 54.4 Å². The van der Waals surface area contributed by atoms with Gasteiger partial charge in [-0.2, -0.15) is 0 Å². The Hall–Kier alpha value is -3.19. The summed E-state index contributed by atoms with van der Waals surface area (Å²) in [6, 6.07) is 11.7. The number of carbonyl (C=O) groups is 1. The van der Waals surface area contributed by atoms with Gasteiger partial charge in [0, 0.05) is 17.6 Å². The summed E-state index contributed by atoms with van der Waals surface area (Å²) in [5.74, 6) is 0.563. The first-order valence-electron chi connectivity index (χ1n) is 11.9. The fourth-order valence-electron chi connectivity index (χ4n) is 4.36. The van der Waals surface area contributed by atoms with Crippen LogP contribution in [0.5, 0.6) is 5.75 Å². The Kier molecular flexibility index (Phi) is 6.13. The molecule has 1 saturated carbocycles. The molecule has 3 aromatic rings. The van der Waals surface area contributed by atoms with E-state index in [4.69, 9.17) is 4.74 Å². The van der Waals surface area contributed by atoms with Gasteiger partial charge in [-0.05, 0) is 81.5 Å². The molecule has 33 heavy (non-hydrogen) atoms. The molecule has 5 rings (SSSR count). The van der Waals surface area contributed by atoms with Gasteiger partial charge in [0.1, 0.15) is 12.1 Å². The third kappa shape index (κ3) is 4.93. The number of hydrogen-bond acceptors (Lipinski definition) is 5. The van der Waals surface area contributed by atoms with Crippen molar-refractivity contribution in [3.05, 3.63) is 64.2 Å². The molecule has 0 spiro atoms. The van der Waals surface area contributed by atoms with Gasteiger partial charge >= 0.3 is 0 Å². The summed E-state index contributed by atoms with van der Waals surface area (Å²) >= 11 is 0. The normalized spacial score (nSPS) is 18.3. The lowest BCUT2D eigenvalue weighted by atomic mass is 10.0. The average Bonchev–Trinajstić information content (AvgIpc) is 3.65. The zero-order valence-electron chi connectivity index (χ0n) is 19.0. The molecule has 2 N–H and O–H groups in total. The molecular weight excluding hydrogens is 416 g/mol. The quantitative estimate of drug-likeness (QED) is 0.580. The van der Waals surface area contributed by atoms with Crippen molar-refractivity contribution in [2.24, 2.45) is 0 Å². The number of nitrogens with zero attached hydrogens (tertiary/aromatic N) is 2. The van der Waals surface area contributed by atoms with Gasteiger partial charge in [-0.1, -0.05) is 12.5 Å². The molecule has 1 aliphatic carbocycles. The van der Waals surface area contributed by atoms with Crippen LogP contribution in [0.2, 0.25) is 0 Å². The summed E-state index contributed by atoms with van der Waals surface area (Å²) in [5, 5.41) is 7.03. The molecule has 1 amide bonds. The molecule has 0 radical (unpaired) electrons. The number of nitrogens with one attached hydrogen (secondary N) is 2. The van der Waals surface area contributed by atoms with Crippen molar-refractivity contribution in [1.29, 1.82) is 0 Å². The lowest BCUT2D eigenvalue weighted by Gasteiger charge is -2.23. The number of piperidine rings is 1. The Bertz CT molecular complexity index is 1230.